The van der Waals surface area contributed by atoms with E-state index in [0.29, 0.717) is 0 Å². The van der Waals surface area contributed by atoms with E-state index in [1.54, 1.807) is 11.3 Å². The summed E-state index contributed by atoms with van der Waals surface area (Å²) in [5.74, 6) is -0.223. The van der Waals surface area contributed by atoms with Crippen LogP contribution in [0.1, 0.15) is 16.5 Å². The van der Waals surface area contributed by atoms with Gasteiger partial charge in [-0.05, 0) is 31.2 Å². The van der Waals surface area contributed by atoms with Crippen molar-refractivity contribution in [1.29, 1.82) is 0 Å². The molecule has 0 aliphatic heterocycles. The van der Waals surface area contributed by atoms with Gasteiger partial charge in [0.1, 0.15) is 5.82 Å². The molecule has 0 saturated heterocycles. The Balaban J connectivity index is 2.19. The lowest BCUT2D eigenvalue weighted by molar-refractivity contribution is 0.595. The Labute approximate surface area is 112 Å². The first kappa shape index (κ1) is 12.7. The first-order valence-corrected chi connectivity index (χ1v) is 6.87. The lowest BCUT2D eigenvalue weighted by atomic mass is 10.1. The molecule has 1 aromatic carbocycles. The van der Waals surface area contributed by atoms with Crippen molar-refractivity contribution >= 4 is 27.3 Å². The zero-order valence-electron chi connectivity index (χ0n) is 9.28. The molecule has 0 bridgehead atoms. The van der Waals surface area contributed by atoms with Gasteiger partial charge >= 0.3 is 0 Å². The molecule has 90 valence electrons. The van der Waals surface area contributed by atoms with Gasteiger partial charge in [0.25, 0.3) is 0 Å². The first-order valence-electron chi connectivity index (χ1n) is 5.20. The fourth-order valence-electron chi connectivity index (χ4n) is 1.65. The molecule has 0 aliphatic carbocycles. The molecule has 0 fully saturated rings. The fourth-order valence-corrected chi connectivity index (χ4v) is 2.89. The summed E-state index contributed by atoms with van der Waals surface area (Å²) in [6, 6.07) is 5.00. The highest BCUT2D eigenvalue weighted by Crippen LogP contribution is 2.26. The molecule has 0 spiro atoms. The lowest BCUT2D eigenvalue weighted by Crippen LogP contribution is -2.17. The lowest BCUT2D eigenvalue weighted by Gasteiger charge is -2.15. The van der Waals surface area contributed by atoms with Crippen LogP contribution < -0.4 is 5.32 Å². The highest BCUT2D eigenvalue weighted by molar-refractivity contribution is 9.10. The van der Waals surface area contributed by atoms with Crippen LogP contribution in [0.2, 0.25) is 0 Å². The van der Waals surface area contributed by atoms with Crippen molar-refractivity contribution in [3.8, 4) is 0 Å². The molecule has 5 heteroatoms. The van der Waals surface area contributed by atoms with Crippen LogP contribution in [-0.4, -0.2) is 12.0 Å². The number of rotatable bonds is 4. The molecule has 0 amide bonds. The Morgan fingerprint density at radius 1 is 1.53 bits per heavy atom. The second-order valence-electron chi connectivity index (χ2n) is 3.68. The summed E-state index contributed by atoms with van der Waals surface area (Å²) in [6.45, 7) is 0. The monoisotopic (exact) mass is 314 g/mol. The van der Waals surface area contributed by atoms with Crippen molar-refractivity contribution in [3.05, 3.63) is 50.6 Å². The van der Waals surface area contributed by atoms with E-state index in [0.717, 1.165) is 16.5 Å². The van der Waals surface area contributed by atoms with E-state index in [1.807, 2.05) is 24.8 Å². The number of nitrogens with one attached hydrogen (secondary N) is 1. The van der Waals surface area contributed by atoms with Crippen molar-refractivity contribution in [2.75, 3.05) is 7.05 Å². The molecule has 2 nitrogen and oxygen atoms in total. The summed E-state index contributed by atoms with van der Waals surface area (Å²) >= 11 is 5.01. The number of halogens is 2. The SMILES string of the molecule is CNC(Cc1ccc(F)cc1Br)c1cncs1. The average Bonchev–Trinajstić information content (AvgIpc) is 2.81. The van der Waals surface area contributed by atoms with E-state index >= 15 is 0 Å². The molecular formula is C12H12BrFN2S. The summed E-state index contributed by atoms with van der Waals surface area (Å²) in [7, 11) is 1.92. The van der Waals surface area contributed by atoms with E-state index < -0.39 is 0 Å². The van der Waals surface area contributed by atoms with Crippen LogP contribution >= 0.6 is 27.3 Å². The molecule has 1 heterocycles. The summed E-state index contributed by atoms with van der Waals surface area (Å²) in [4.78, 5) is 5.26. The molecule has 0 saturated carbocycles. The van der Waals surface area contributed by atoms with Crippen molar-refractivity contribution in [3.63, 3.8) is 0 Å². The van der Waals surface area contributed by atoms with E-state index in [2.05, 4.69) is 26.2 Å². The third kappa shape index (κ3) is 3.12. The van der Waals surface area contributed by atoms with Gasteiger partial charge in [0.05, 0.1) is 5.51 Å². The standard InChI is InChI=1S/C12H12BrFN2S/c1-15-11(12-6-16-7-17-12)4-8-2-3-9(14)5-10(8)13/h2-3,5-7,11,15H,4H2,1H3. The Kier molecular flexibility index (Phi) is 4.25. The number of aromatic nitrogens is 1. The molecule has 1 N–H and O–H groups in total. The van der Waals surface area contributed by atoms with E-state index in [4.69, 9.17) is 0 Å². The zero-order chi connectivity index (χ0) is 12.3. The molecule has 2 aromatic rings. The molecule has 17 heavy (non-hydrogen) atoms. The maximum Gasteiger partial charge on any atom is 0.124 e. The van der Waals surface area contributed by atoms with Crippen LogP contribution in [-0.2, 0) is 6.42 Å². The second-order valence-corrected chi connectivity index (χ2v) is 5.46. The molecule has 0 radical (unpaired) electrons. The van der Waals surface area contributed by atoms with E-state index in [9.17, 15) is 4.39 Å². The van der Waals surface area contributed by atoms with Gasteiger partial charge in [0.15, 0.2) is 0 Å². The van der Waals surface area contributed by atoms with Crippen LogP contribution in [0.3, 0.4) is 0 Å². The Hall–Kier alpha value is -0.780. The van der Waals surface area contributed by atoms with Gasteiger partial charge < -0.3 is 5.32 Å². The maximum absolute atomic E-state index is 13.0. The Morgan fingerprint density at radius 2 is 2.35 bits per heavy atom. The molecule has 2 rings (SSSR count). The average molecular weight is 315 g/mol. The van der Waals surface area contributed by atoms with Gasteiger partial charge in [-0.1, -0.05) is 22.0 Å². The molecule has 1 aromatic heterocycles. The van der Waals surface area contributed by atoms with Crippen LogP contribution in [0.5, 0.6) is 0 Å². The third-order valence-corrected chi connectivity index (χ3v) is 4.21. The highest BCUT2D eigenvalue weighted by atomic mass is 79.9. The van der Waals surface area contributed by atoms with Crippen LogP contribution in [0, 0.1) is 5.82 Å². The smallest absolute Gasteiger partial charge is 0.124 e. The minimum atomic E-state index is -0.223. The number of hydrogen-bond donors (Lipinski definition) is 1. The van der Waals surface area contributed by atoms with Gasteiger partial charge in [-0.25, -0.2) is 4.39 Å². The predicted octanol–water partition coefficient (Wildman–Crippen LogP) is 3.55. The number of nitrogens with zero attached hydrogens (tertiary/aromatic N) is 1. The second kappa shape index (κ2) is 5.71. The number of likely N-dealkylation sites (N-methyl/N-ethyl adjacent to an activating group) is 1. The van der Waals surface area contributed by atoms with Crippen molar-refractivity contribution < 1.29 is 4.39 Å². The summed E-state index contributed by atoms with van der Waals surface area (Å²) < 4.78 is 13.8. The molecular weight excluding hydrogens is 303 g/mol. The minimum absolute atomic E-state index is 0.212. The van der Waals surface area contributed by atoms with Crippen molar-refractivity contribution in [2.24, 2.45) is 0 Å². The summed E-state index contributed by atoms with van der Waals surface area (Å²) in [6.07, 6.45) is 2.67. The maximum atomic E-state index is 13.0. The van der Waals surface area contributed by atoms with E-state index in [-0.39, 0.29) is 11.9 Å². The minimum Gasteiger partial charge on any atom is -0.312 e. The van der Waals surface area contributed by atoms with Crippen molar-refractivity contribution in [1.82, 2.24) is 10.3 Å². The number of benzene rings is 1. The highest BCUT2D eigenvalue weighted by Gasteiger charge is 2.13. The molecule has 1 atom stereocenters. The van der Waals surface area contributed by atoms with Crippen LogP contribution in [0.25, 0.3) is 0 Å². The normalized spacial score (nSPS) is 12.6. The fraction of sp³-hybridized carbons (Fsp3) is 0.250. The number of hydrogen-bond acceptors (Lipinski definition) is 3. The Morgan fingerprint density at radius 3 is 2.94 bits per heavy atom. The quantitative estimate of drug-likeness (QED) is 0.933. The summed E-state index contributed by atoms with van der Waals surface area (Å²) in [5.41, 5.74) is 2.90. The third-order valence-electron chi connectivity index (χ3n) is 2.58. The van der Waals surface area contributed by atoms with Crippen molar-refractivity contribution in [2.45, 2.75) is 12.5 Å². The van der Waals surface area contributed by atoms with Gasteiger partial charge in [-0.2, -0.15) is 0 Å². The van der Waals surface area contributed by atoms with E-state index in [1.165, 1.54) is 17.0 Å². The Bertz CT molecular complexity index is 487. The van der Waals surface area contributed by atoms with Gasteiger partial charge in [-0.3, -0.25) is 4.98 Å². The van der Waals surface area contributed by atoms with Gasteiger partial charge in [0.2, 0.25) is 0 Å². The van der Waals surface area contributed by atoms with Gasteiger partial charge in [-0.15, -0.1) is 11.3 Å². The first-order chi connectivity index (χ1) is 8.20. The number of thiazole rings is 1. The topological polar surface area (TPSA) is 24.9 Å². The largest absolute Gasteiger partial charge is 0.312 e. The molecule has 0 aliphatic rings. The summed E-state index contributed by atoms with van der Waals surface area (Å²) in [5, 5.41) is 3.25. The van der Waals surface area contributed by atoms with Crippen LogP contribution in [0.4, 0.5) is 4.39 Å². The molecule has 1 unspecified atom stereocenters. The zero-order valence-corrected chi connectivity index (χ0v) is 11.7. The van der Waals surface area contributed by atoms with Gasteiger partial charge in [0, 0.05) is 21.6 Å². The van der Waals surface area contributed by atoms with Crippen LogP contribution in [0.15, 0.2) is 34.4 Å². The predicted molar refractivity (Wildman–Crippen MR) is 71.7 cm³/mol.